The van der Waals surface area contributed by atoms with Gasteiger partial charge in [-0.1, -0.05) is 36.4 Å². The molecule has 0 atom stereocenters. The van der Waals surface area contributed by atoms with E-state index >= 15 is 0 Å². The number of thiophene rings is 2. The van der Waals surface area contributed by atoms with Gasteiger partial charge < -0.3 is 28.8 Å². The van der Waals surface area contributed by atoms with Crippen LogP contribution < -0.4 is 24.3 Å². The molecule has 0 fully saturated rings. The number of hydrogen-bond acceptors (Lipinski definition) is 7. The van der Waals surface area contributed by atoms with Crippen LogP contribution in [0.25, 0.3) is 37.7 Å². The number of para-hydroxylation sites is 2. The van der Waals surface area contributed by atoms with Crippen molar-refractivity contribution in [1.82, 2.24) is 4.57 Å². The fourth-order valence-electron chi connectivity index (χ4n) is 7.09. The molecule has 0 saturated heterocycles. The molecule has 4 aliphatic rings. The van der Waals surface area contributed by atoms with Gasteiger partial charge in [0.15, 0.2) is 23.0 Å². The molecule has 0 saturated carbocycles. The molecule has 1 N–H and O–H groups in total. The first kappa shape index (κ1) is 23.9. The van der Waals surface area contributed by atoms with E-state index in [0.29, 0.717) is 26.4 Å². The molecule has 0 bridgehead atoms. The highest BCUT2D eigenvalue weighted by Crippen LogP contribution is 2.58. The van der Waals surface area contributed by atoms with Gasteiger partial charge >= 0.3 is 0 Å². The lowest BCUT2D eigenvalue weighted by molar-refractivity contribution is 0.174. The number of aromatic nitrogens is 1. The highest BCUT2D eigenvalue weighted by atomic mass is 32.1. The van der Waals surface area contributed by atoms with Crippen LogP contribution in [-0.4, -0.2) is 31.0 Å². The zero-order valence-electron chi connectivity index (χ0n) is 22.9. The van der Waals surface area contributed by atoms with E-state index in [-0.39, 0.29) is 0 Å². The molecule has 10 rings (SSSR count). The van der Waals surface area contributed by atoms with E-state index in [2.05, 4.69) is 99.6 Å². The quantitative estimate of drug-likeness (QED) is 0.217. The van der Waals surface area contributed by atoms with Gasteiger partial charge in [-0.15, -0.1) is 22.7 Å². The first-order valence-corrected chi connectivity index (χ1v) is 16.2. The number of benzene rings is 3. The standard InChI is InChI=1S/C35H24N2O4S2/c1-2-5-27-26(4-1)36-35(30-6-3-11-37(27)30)24-16-20(33-31-28(18-42-33)38-12-14-40-31)7-9-22(24)23-10-8-21(17-25(23)35)34-32-29(19-43-34)39-13-15-41-32/h1-11,16-19,36H,12-15H2. The van der Waals surface area contributed by atoms with Gasteiger partial charge in [0.25, 0.3) is 0 Å². The van der Waals surface area contributed by atoms with Gasteiger partial charge in [0.2, 0.25) is 0 Å². The second-order valence-corrected chi connectivity index (χ2v) is 12.8. The van der Waals surface area contributed by atoms with E-state index in [1.807, 2.05) is 0 Å². The normalized spacial score (nSPS) is 16.2. The first-order valence-electron chi connectivity index (χ1n) is 14.4. The molecule has 6 nitrogen and oxygen atoms in total. The molecular formula is C35H24N2O4S2. The van der Waals surface area contributed by atoms with Crippen LogP contribution in [-0.2, 0) is 5.54 Å². The summed E-state index contributed by atoms with van der Waals surface area (Å²) in [6, 6.07) is 26.6. The molecule has 1 aliphatic carbocycles. The van der Waals surface area contributed by atoms with E-state index < -0.39 is 5.54 Å². The summed E-state index contributed by atoms with van der Waals surface area (Å²) in [4.78, 5) is 2.19. The van der Waals surface area contributed by atoms with Crippen LogP contribution in [0, 0.1) is 0 Å². The topological polar surface area (TPSA) is 53.9 Å². The number of rotatable bonds is 2. The van der Waals surface area contributed by atoms with Crippen LogP contribution in [0.1, 0.15) is 16.8 Å². The maximum atomic E-state index is 6.10. The lowest BCUT2D eigenvalue weighted by Crippen LogP contribution is -2.41. The Balaban J connectivity index is 1.23. The average Bonchev–Trinajstić information content (AvgIpc) is 3.86. The summed E-state index contributed by atoms with van der Waals surface area (Å²) in [5, 5.41) is 8.19. The molecule has 6 aromatic rings. The van der Waals surface area contributed by atoms with Crippen molar-refractivity contribution in [2.75, 3.05) is 31.7 Å². The maximum Gasteiger partial charge on any atom is 0.179 e. The Hall–Kier alpha value is -4.66. The van der Waals surface area contributed by atoms with Crippen molar-refractivity contribution >= 4 is 28.4 Å². The molecule has 3 aromatic heterocycles. The summed E-state index contributed by atoms with van der Waals surface area (Å²) in [5.74, 6) is 3.35. The molecule has 6 heterocycles. The van der Waals surface area contributed by atoms with E-state index in [1.165, 1.54) is 27.9 Å². The third-order valence-electron chi connectivity index (χ3n) is 8.88. The Morgan fingerprint density at radius 2 is 1.26 bits per heavy atom. The molecule has 210 valence electrons. The van der Waals surface area contributed by atoms with Crippen molar-refractivity contribution in [3.63, 3.8) is 0 Å². The first-order chi connectivity index (χ1) is 21.3. The van der Waals surface area contributed by atoms with Gasteiger partial charge in [0, 0.05) is 17.0 Å². The van der Waals surface area contributed by atoms with Crippen molar-refractivity contribution in [1.29, 1.82) is 0 Å². The minimum atomic E-state index is -0.613. The lowest BCUT2D eigenvalue weighted by Gasteiger charge is -2.40. The van der Waals surface area contributed by atoms with Crippen LogP contribution in [0.15, 0.2) is 89.8 Å². The molecule has 8 heteroatoms. The molecule has 0 radical (unpaired) electrons. The van der Waals surface area contributed by atoms with Gasteiger partial charge in [-0.3, -0.25) is 0 Å². The van der Waals surface area contributed by atoms with Crippen molar-refractivity contribution in [2.24, 2.45) is 0 Å². The Kier molecular flexibility index (Phi) is 4.82. The SMILES string of the molecule is c1ccc2c(c1)NC1(c3cc(-c4scc5c4OCCO5)ccc3-c3ccc(-c4scc5c4OCCO5)cc31)c1cccn1-2. The maximum absolute atomic E-state index is 6.10. The number of nitrogens with one attached hydrogen (secondary N) is 1. The van der Waals surface area contributed by atoms with Crippen LogP contribution in [0.2, 0.25) is 0 Å². The Morgan fingerprint density at radius 3 is 1.91 bits per heavy atom. The number of hydrogen-bond donors (Lipinski definition) is 1. The Bertz CT molecular complexity index is 2000. The van der Waals surface area contributed by atoms with Crippen molar-refractivity contribution in [2.45, 2.75) is 5.54 Å². The lowest BCUT2D eigenvalue weighted by atomic mass is 9.81. The van der Waals surface area contributed by atoms with Crippen molar-refractivity contribution in [3.05, 3.63) is 107 Å². The summed E-state index contributed by atoms with van der Waals surface area (Å²) in [6.07, 6.45) is 2.17. The monoisotopic (exact) mass is 600 g/mol. The Morgan fingerprint density at radius 1 is 0.651 bits per heavy atom. The predicted octanol–water partition coefficient (Wildman–Crippen LogP) is 8.17. The van der Waals surface area contributed by atoms with E-state index in [9.17, 15) is 0 Å². The summed E-state index contributed by atoms with van der Waals surface area (Å²) in [6.45, 7) is 2.29. The van der Waals surface area contributed by atoms with Gasteiger partial charge in [-0.25, -0.2) is 0 Å². The van der Waals surface area contributed by atoms with Crippen LogP contribution in [0.4, 0.5) is 5.69 Å². The zero-order chi connectivity index (χ0) is 28.1. The highest BCUT2D eigenvalue weighted by molar-refractivity contribution is 7.14. The second-order valence-electron chi connectivity index (χ2n) is 11.1. The minimum Gasteiger partial charge on any atom is -0.485 e. The van der Waals surface area contributed by atoms with Crippen LogP contribution in [0.3, 0.4) is 0 Å². The van der Waals surface area contributed by atoms with Crippen LogP contribution in [0.5, 0.6) is 23.0 Å². The van der Waals surface area contributed by atoms with Crippen molar-refractivity contribution in [3.8, 4) is 60.7 Å². The number of anilines is 1. The molecular weight excluding hydrogens is 577 g/mol. The third-order valence-corrected chi connectivity index (χ3v) is 10.9. The molecule has 3 aliphatic heterocycles. The van der Waals surface area contributed by atoms with E-state index in [0.717, 1.165) is 55.3 Å². The fraction of sp³-hybridized carbons (Fsp3) is 0.143. The summed E-state index contributed by atoms with van der Waals surface area (Å²) in [7, 11) is 0. The highest BCUT2D eigenvalue weighted by Gasteiger charge is 2.49. The van der Waals surface area contributed by atoms with Gasteiger partial charge in [0.05, 0.1) is 26.8 Å². The number of fused-ring (bicyclic) bond motifs is 11. The molecule has 43 heavy (non-hydrogen) atoms. The number of ether oxygens (including phenoxy) is 4. The molecule has 3 aromatic carbocycles. The van der Waals surface area contributed by atoms with Gasteiger partial charge in [-0.2, -0.15) is 0 Å². The summed E-state index contributed by atoms with van der Waals surface area (Å²) >= 11 is 3.34. The van der Waals surface area contributed by atoms with E-state index in [1.54, 1.807) is 22.7 Å². The molecule has 1 spiro atoms. The third kappa shape index (κ3) is 3.17. The second kappa shape index (κ2) is 8.69. The summed E-state index contributed by atoms with van der Waals surface area (Å²) in [5.41, 5.74) is 9.94. The van der Waals surface area contributed by atoms with Crippen LogP contribution >= 0.6 is 22.7 Å². The largest absolute Gasteiger partial charge is 0.485 e. The molecule has 0 amide bonds. The summed E-state index contributed by atoms with van der Waals surface area (Å²) < 4.78 is 26.3. The Labute approximate surface area is 255 Å². The average molecular weight is 601 g/mol. The predicted molar refractivity (Wildman–Crippen MR) is 170 cm³/mol. The smallest absolute Gasteiger partial charge is 0.179 e. The van der Waals surface area contributed by atoms with Gasteiger partial charge in [-0.05, 0) is 69.8 Å². The zero-order valence-corrected chi connectivity index (χ0v) is 24.5. The van der Waals surface area contributed by atoms with Crippen molar-refractivity contribution < 1.29 is 18.9 Å². The molecule has 0 unspecified atom stereocenters. The van der Waals surface area contributed by atoms with Gasteiger partial charge in [0.1, 0.15) is 32.0 Å². The van der Waals surface area contributed by atoms with E-state index in [4.69, 9.17) is 18.9 Å². The fourth-order valence-corrected chi connectivity index (χ4v) is 8.95. The number of nitrogens with zero attached hydrogens (tertiary/aromatic N) is 1. The minimum absolute atomic E-state index is 0.562.